The van der Waals surface area contributed by atoms with Gasteiger partial charge in [0.1, 0.15) is 12.0 Å². The molecule has 2 atom stereocenters. The molecule has 0 amide bonds. The van der Waals surface area contributed by atoms with E-state index in [2.05, 4.69) is 10.6 Å². The monoisotopic (exact) mass is 298 g/mol. The van der Waals surface area contributed by atoms with Crippen LogP contribution in [0, 0.1) is 6.92 Å². The van der Waals surface area contributed by atoms with Crippen LogP contribution in [0.25, 0.3) is 17.2 Å². The van der Waals surface area contributed by atoms with E-state index in [-0.39, 0.29) is 6.17 Å². The van der Waals surface area contributed by atoms with E-state index in [4.69, 9.17) is 10.5 Å². The fourth-order valence-corrected chi connectivity index (χ4v) is 3.39. The molecule has 114 valence electrons. The van der Waals surface area contributed by atoms with Crippen LogP contribution < -0.4 is 4.90 Å². The van der Waals surface area contributed by atoms with E-state index >= 15 is 0 Å². The van der Waals surface area contributed by atoms with E-state index in [1.807, 2.05) is 43.3 Å². The third kappa shape index (κ3) is 1.73. The average molecular weight is 298 g/mol. The second kappa shape index (κ2) is 4.63. The number of fused-ring (bicyclic) bond motifs is 3. The third-order valence-corrected chi connectivity index (χ3v) is 4.49. The van der Waals surface area contributed by atoms with E-state index in [1.165, 1.54) is 6.92 Å². The van der Waals surface area contributed by atoms with Crippen molar-refractivity contribution in [3.8, 4) is 0 Å². The van der Waals surface area contributed by atoms with E-state index < -0.39 is 12.9 Å². The van der Waals surface area contributed by atoms with Crippen LogP contribution in [-0.4, -0.2) is 26.6 Å². The maximum atomic E-state index is 8.42. The summed E-state index contributed by atoms with van der Waals surface area (Å²) >= 11 is 0. The Labute approximate surface area is 137 Å². The van der Waals surface area contributed by atoms with Crippen LogP contribution in [0.15, 0.2) is 30.6 Å². The van der Waals surface area contributed by atoms with Gasteiger partial charge in [0.2, 0.25) is 0 Å². The van der Waals surface area contributed by atoms with Gasteiger partial charge in [-0.2, -0.15) is 0 Å². The average Bonchev–Trinajstić information content (AvgIpc) is 3.21. The van der Waals surface area contributed by atoms with Crippen molar-refractivity contribution in [2.75, 3.05) is 4.90 Å². The Hall–Kier alpha value is -2.23. The lowest BCUT2D eigenvalue weighted by Gasteiger charge is -2.33. The number of allylic oxidation sites excluding steroid dienone is 1. The second-order valence-electron chi connectivity index (χ2n) is 5.92. The van der Waals surface area contributed by atoms with Crippen molar-refractivity contribution in [3.63, 3.8) is 0 Å². The number of hydrogen-bond acceptors (Lipinski definition) is 3. The largest absolute Gasteiger partial charge is 0.353 e. The fraction of sp³-hybridized carbons (Fsp3) is 0.389. The fourth-order valence-electron chi connectivity index (χ4n) is 3.39. The zero-order valence-corrected chi connectivity index (χ0v) is 13.0. The summed E-state index contributed by atoms with van der Waals surface area (Å²) in [5.74, 6) is 1.01. The van der Waals surface area contributed by atoms with Gasteiger partial charge in [-0.05, 0) is 39.3 Å². The van der Waals surface area contributed by atoms with Gasteiger partial charge in [-0.3, -0.25) is 0 Å². The normalized spacial score (nSPS) is 25.9. The molecule has 0 bridgehead atoms. The Kier molecular flexibility index (Phi) is 2.05. The lowest BCUT2D eigenvalue weighted by Crippen LogP contribution is -2.39. The van der Waals surface area contributed by atoms with E-state index in [9.17, 15) is 0 Å². The summed E-state index contributed by atoms with van der Waals surface area (Å²) in [4.78, 5) is 8.34. The minimum atomic E-state index is -2.41. The van der Waals surface area contributed by atoms with Gasteiger partial charge in [-0.25, -0.2) is 4.98 Å². The predicted molar refractivity (Wildman–Crippen MR) is 91.6 cm³/mol. The topological polar surface area (TPSA) is 24.3 Å². The van der Waals surface area contributed by atoms with E-state index in [0.717, 1.165) is 34.5 Å². The van der Waals surface area contributed by atoms with Gasteiger partial charge >= 0.3 is 0 Å². The molecule has 3 heterocycles. The number of benzene rings is 1. The molecule has 0 saturated heterocycles. The van der Waals surface area contributed by atoms with Gasteiger partial charge < -0.3 is 14.4 Å². The van der Waals surface area contributed by atoms with Gasteiger partial charge in [-0.15, -0.1) is 0 Å². The molecule has 1 aromatic heterocycles. The van der Waals surface area contributed by atoms with Crippen molar-refractivity contribution < 1.29 is 5.48 Å². The predicted octanol–water partition coefficient (Wildman–Crippen LogP) is 3.72. The Bertz CT molecular complexity index is 939. The zero-order valence-electron chi connectivity index (χ0n) is 17.0. The minimum Gasteiger partial charge on any atom is -0.353 e. The van der Waals surface area contributed by atoms with Crippen LogP contribution in [-0.2, 0) is 6.42 Å². The summed E-state index contributed by atoms with van der Waals surface area (Å²) in [5, 5.41) is 0. The highest BCUT2D eigenvalue weighted by Gasteiger charge is 2.29. The first-order valence-electron chi connectivity index (χ1n) is 9.55. The first kappa shape index (κ1) is 9.72. The quantitative estimate of drug-likeness (QED) is 0.844. The van der Waals surface area contributed by atoms with E-state index in [1.54, 1.807) is 11.1 Å². The second-order valence-corrected chi connectivity index (χ2v) is 5.92. The summed E-state index contributed by atoms with van der Waals surface area (Å²) in [6.45, 7) is 2.99. The highest BCUT2D eigenvalue weighted by molar-refractivity contribution is 5.94. The highest BCUT2D eigenvalue weighted by Crippen LogP contribution is 2.37. The molecule has 2 aliphatic rings. The standard InChI is InChI=1S/C18H22N4/c1-12(2)20-10-11-21(14(20)4)17-13(3)7-8-15-18(17)22-9-5-6-16(22)19-15/h5,7-12,14H,6H2,1-4H3/t14-/m0/s1/i1D3,12D/t12?,14-. The summed E-state index contributed by atoms with van der Waals surface area (Å²) < 4.78 is 33.7. The molecule has 0 aliphatic carbocycles. The van der Waals surface area contributed by atoms with Crippen molar-refractivity contribution in [2.24, 2.45) is 0 Å². The van der Waals surface area contributed by atoms with Gasteiger partial charge in [0.25, 0.3) is 0 Å². The minimum absolute atomic E-state index is 0.293. The van der Waals surface area contributed by atoms with Crippen LogP contribution in [0.3, 0.4) is 0 Å². The number of imidazole rings is 1. The van der Waals surface area contributed by atoms with Gasteiger partial charge in [0, 0.05) is 35.2 Å². The van der Waals surface area contributed by atoms with Crippen LogP contribution in [0.2, 0.25) is 0 Å². The molecule has 1 aromatic carbocycles. The molecule has 0 spiro atoms. The maximum absolute atomic E-state index is 8.42. The van der Waals surface area contributed by atoms with Crippen LogP contribution in [0.1, 0.15) is 37.6 Å². The van der Waals surface area contributed by atoms with Crippen LogP contribution in [0.5, 0.6) is 0 Å². The molecule has 0 saturated carbocycles. The molecule has 0 fully saturated rings. The smallest absolute Gasteiger partial charge is 0.117 e. The number of aromatic nitrogens is 2. The Morgan fingerprint density at radius 3 is 3.05 bits per heavy atom. The molecular weight excluding hydrogens is 272 g/mol. The number of anilines is 1. The summed E-state index contributed by atoms with van der Waals surface area (Å²) in [5.41, 5.74) is 4.03. The molecule has 2 aliphatic heterocycles. The molecular formula is C18H22N4. The van der Waals surface area contributed by atoms with Gasteiger partial charge in [0.05, 0.1) is 18.1 Å². The first-order chi connectivity index (χ1) is 12.1. The molecule has 2 aromatic rings. The number of aryl methyl sites for hydroxylation is 1. The Balaban J connectivity index is 1.82. The number of hydrogen-bond donors (Lipinski definition) is 0. The molecule has 22 heavy (non-hydrogen) atoms. The Morgan fingerprint density at radius 2 is 2.23 bits per heavy atom. The number of nitrogens with zero attached hydrogens (tertiary/aromatic N) is 4. The zero-order chi connectivity index (χ0) is 18.9. The molecule has 4 heteroatoms. The summed E-state index contributed by atoms with van der Waals surface area (Å²) in [7, 11) is 0. The molecule has 4 nitrogen and oxygen atoms in total. The molecule has 0 radical (unpaired) electrons. The van der Waals surface area contributed by atoms with Crippen molar-refractivity contribution in [1.82, 2.24) is 14.5 Å². The lowest BCUT2D eigenvalue weighted by molar-refractivity contribution is 0.263. The van der Waals surface area contributed by atoms with Gasteiger partial charge in [0.15, 0.2) is 0 Å². The van der Waals surface area contributed by atoms with Crippen molar-refractivity contribution in [3.05, 3.63) is 42.0 Å². The molecule has 4 rings (SSSR count). The summed E-state index contributed by atoms with van der Waals surface area (Å²) in [6, 6.07) is 2.35. The van der Waals surface area contributed by atoms with Crippen molar-refractivity contribution in [2.45, 2.75) is 46.2 Å². The maximum Gasteiger partial charge on any atom is 0.117 e. The van der Waals surface area contributed by atoms with Crippen LogP contribution in [0.4, 0.5) is 5.69 Å². The van der Waals surface area contributed by atoms with E-state index in [0.29, 0.717) is 0 Å². The molecule has 0 N–H and O–H groups in total. The SMILES string of the molecule is [2H]C([2H])([2H])C([2H])(C)N1C=CN(c2c(C)ccc3nc4n(c23)C=CC4)[C@H]1C. The first-order valence-corrected chi connectivity index (χ1v) is 7.55. The number of rotatable bonds is 2. The molecule has 1 unspecified atom stereocenters. The van der Waals surface area contributed by atoms with Gasteiger partial charge in [-0.1, -0.05) is 12.1 Å². The van der Waals surface area contributed by atoms with Crippen molar-refractivity contribution in [1.29, 1.82) is 0 Å². The summed E-state index contributed by atoms with van der Waals surface area (Å²) in [6.07, 6.45) is 8.21. The van der Waals surface area contributed by atoms with Crippen molar-refractivity contribution >= 4 is 22.9 Å². The Morgan fingerprint density at radius 1 is 1.36 bits per heavy atom. The van der Waals surface area contributed by atoms with Crippen LogP contribution >= 0.6 is 0 Å². The highest BCUT2D eigenvalue weighted by atomic mass is 15.4. The lowest BCUT2D eigenvalue weighted by atomic mass is 10.1. The third-order valence-electron chi connectivity index (χ3n) is 4.49.